The largest absolute Gasteiger partial charge is 0.469 e. The maximum absolute atomic E-state index is 11.0. The third kappa shape index (κ3) is 7.48. The third-order valence-corrected chi connectivity index (χ3v) is 5.85. The van der Waals surface area contributed by atoms with Crippen molar-refractivity contribution in [1.29, 1.82) is 0 Å². The molecule has 1 aromatic heterocycles. The molecule has 0 radical (unpaired) electrons. The number of thiocarbonyl (C=S) groups is 1. The molecule has 0 unspecified atom stereocenters. The fourth-order valence-electron chi connectivity index (χ4n) is 2.75. The van der Waals surface area contributed by atoms with E-state index in [2.05, 4.69) is 25.9 Å². The van der Waals surface area contributed by atoms with Crippen molar-refractivity contribution >= 4 is 46.2 Å². The van der Waals surface area contributed by atoms with Gasteiger partial charge in [-0.25, -0.2) is 0 Å². The second kappa shape index (κ2) is 11.0. The number of unbranched alkanes of at least 4 members (excludes halogenated alkanes) is 2. The molecule has 0 bridgehead atoms. The fraction of sp³-hybridized carbons (Fsp3) is 0.647. The van der Waals surface area contributed by atoms with Crippen LogP contribution in [0.5, 0.6) is 0 Å². The minimum absolute atomic E-state index is 0.133. The predicted molar refractivity (Wildman–Crippen MR) is 107 cm³/mol. The lowest BCUT2D eigenvalue weighted by Crippen LogP contribution is -2.51. The second-order valence-electron chi connectivity index (χ2n) is 6.09. The average molecular weight is 404 g/mol. The monoisotopic (exact) mass is 403 g/mol. The van der Waals surface area contributed by atoms with E-state index in [9.17, 15) is 4.79 Å². The zero-order chi connectivity index (χ0) is 18.1. The summed E-state index contributed by atoms with van der Waals surface area (Å²) in [7, 11) is 1.43. The van der Waals surface area contributed by atoms with E-state index in [1.165, 1.54) is 12.0 Å². The lowest BCUT2D eigenvalue weighted by Gasteiger charge is -2.36. The molecule has 0 spiro atoms. The van der Waals surface area contributed by atoms with Crippen molar-refractivity contribution in [3.8, 4) is 0 Å². The number of methoxy groups -OCH3 is 1. The lowest BCUT2D eigenvalue weighted by molar-refractivity contribution is -0.140. The molecule has 25 heavy (non-hydrogen) atoms. The normalized spacial score (nSPS) is 15.2. The highest BCUT2D eigenvalue weighted by Crippen LogP contribution is 2.23. The van der Waals surface area contributed by atoms with Gasteiger partial charge in [0.2, 0.25) is 0 Å². The van der Waals surface area contributed by atoms with E-state index in [1.807, 2.05) is 6.07 Å². The van der Waals surface area contributed by atoms with E-state index in [-0.39, 0.29) is 5.97 Å². The number of halogens is 1. The quantitative estimate of drug-likeness (QED) is 0.408. The smallest absolute Gasteiger partial charge is 0.305 e. The molecular formula is C17H26ClN3O2S2. The number of nitrogens with one attached hydrogen (secondary N) is 1. The molecule has 2 rings (SSSR count). The van der Waals surface area contributed by atoms with Crippen LogP contribution in [0.15, 0.2) is 12.1 Å². The van der Waals surface area contributed by atoms with Crippen LogP contribution in [-0.4, -0.2) is 60.7 Å². The molecule has 0 aromatic carbocycles. The SMILES string of the molecule is COC(=O)CCCCCNC(=S)N1CCN(Cc2ccc(Cl)s2)CC1. The van der Waals surface area contributed by atoms with Gasteiger partial charge in [-0.2, -0.15) is 0 Å². The Bertz CT molecular complexity index is 560. The summed E-state index contributed by atoms with van der Waals surface area (Å²) in [5, 5.41) is 4.17. The summed E-state index contributed by atoms with van der Waals surface area (Å²) in [4.78, 5) is 17.0. The van der Waals surface area contributed by atoms with Crippen LogP contribution < -0.4 is 5.32 Å². The molecule has 1 N–H and O–H groups in total. The first-order chi connectivity index (χ1) is 12.1. The van der Waals surface area contributed by atoms with Crippen molar-refractivity contribution < 1.29 is 9.53 Å². The van der Waals surface area contributed by atoms with E-state index >= 15 is 0 Å². The van der Waals surface area contributed by atoms with Gasteiger partial charge in [-0.3, -0.25) is 9.69 Å². The summed E-state index contributed by atoms with van der Waals surface area (Å²) >= 11 is 13.1. The van der Waals surface area contributed by atoms with Gasteiger partial charge < -0.3 is 15.0 Å². The highest BCUT2D eigenvalue weighted by atomic mass is 35.5. The number of hydrogen-bond acceptors (Lipinski definition) is 5. The summed E-state index contributed by atoms with van der Waals surface area (Å²) in [6, 6.07) is 4.06. The molecule has 0 aliphatic carbocycles. The van der Waals surface area contributed by atoms with Gasteiger partial charge in [0, 0.05) is 50.6 Å². The Labute approximate surface area is 164 Å². The van der Waals surface area contributed by atoms with E-state index in [0.29, 0.717) is 6.42 Å². The zero-order valence-electron chi connectivity index (χ0n) is 14.6. The number of esters is 1. The summed E-state index contributed by atoms with van der Waals surface area (Å²) in [5.74, 6) is -0.133. The van der Waals surface area contributed by atoms with Gasteiger partial charge in [0.05, 0.1) is 11.4 Å². The number of carbonyl (C=O) groups excluding carboxylic acids is 1. The Morgan fingerprint density at radius 1 is 1.28 bits per heavy atom. The molecule has 1 saturated heterocycles. The Morgan fingerprint density at radius 3 is 2.68 bits per heavy atom. The third-order valence-electron chi connectivity index (χ3n) is 4.23. The molecule has 140 valence electrons. The maximum Gasteiger partial charge on any atom is 0.305 e. The molecule has 5 nitrogen and oxygen atoms in total. The number of carbonyl (C=O) groups is 1. The summed E-state index contributed by atoms with van der Waals surface area (Å²) in [6.07, 6.45) is 3.38. The molecule has 1 aliphatic heterocycles. The zero-order valence-corrected chi connectivity index (χ0v) is 17.0. The predicted octanol–water partition coefficient (Wildman–Crippen LogP) is 3.13. The number of ether oxygens (including phenoxy) is 1. The molecule has 0 amide bonds. The number of rotatable bonds is 8. The summed E-state index contributed by atoms with van der Waals surface area (Å²) in [6.45, 7) is 5.74. The minimum Gasteiger partial charge on any atom is -0.469 e. The molecule has 0 saturated carbocycles. The van der Waals surface area contributed by atoms with Gasteiger partial charge in [-0.05, 0) is 37.2 Å². The Balaban J connectivity index is 1.55. The van der Waals surface area contributed by atoms with E-state index in [0.717, 1.165) is 68.0 Å². The molecular weight excluding hydrogens is 378 g/mol. The van der Waals surface area contributed by atoms with Crippen LogP contribution in [0, 0.1) is 0 Å². The molecule has 0 atom stereocenters. The van der Waals surface area contributed by atoms with Crippen molar-refractivity contribution in [2.75, 3.05) is 39.8 Å². The Morgan fingerprint density at radius 2 is 2.04 bits per heavy atom. The number of hydrogen-bond donors (Lipinski definition) is 1. The molecule has 1 aromatic rings. The number of thiophene rings is 1. The van der Waals surface area contributed by atoms with Crippen molar-refractivity contribution in [3.05, 3.63) is 21.3 Å². The molecule has 1 aliphatic rings. The van der Waals surface area contributed by atoms with Crippen LogP contribution in [0.25, 0.3) is 0 Å². The molecule has 2 heterocycles. The number of piperazine rings is 1. The van der Waals surface area contributed by atoms with Crippen LogP contribution in [0.2, 0.25) is 4.34 Å². The topological polar surface area (TPSA) is 44.8 Å². The molecule has 1 fully saturated rings. The van der Waals surface area contributed by atoms with Crippen LogP contribution in [-0.2, 0) is 16.1 Å². The highest BCUT2D eigenvalue weighted by Gasteiger charge is 2.19. The van der Waals surface area contributed by atoms with Gasteiger partial charge in [0.1, 0.15) is 0 Å². The van der Waals surface area contributed by atoms with Gasteiger partial charge in [-0.15, -0.1) is 11.3 Å². The van der Waals surface area contributed by atoms with E-state index in [1.54, 1.807) is 11.3 Å². The van der Waals surface area contributed by atoms with Gasteiger partial charge in [-0.1, -0.05) is 18.0 Å². The lowest BCUT2D eigenvalue weighted by atomic mass is 10.2. The number of nitrogens with zero attached hydrogens (tertiary/aromatic N) is 2. The standard InChI is InChI=1S/C17H26ClN3O2S2/c1-23-16(22)5-3-2-4-8-19-17(24)21-11-9-20(10-12-21)13-14-6-7-15(18)25-14/h6-7H,2-5,8-13H2,1H3,(H,19,24). The van der Waals surface area contributed by atoms with Crippen molar-refractivity contribution in [3.63, 3.8) is 0 Å². The van der Waals surface area contributed by atoms with Gasteiger partial charge >= 0.3 is 5.97 Å². The minimum atomic E-state index is -0.133. The van der Waals surface area contributed by atoms with Crippen LogP contribution in [0.1, 0.15) is 30.6 Å². The Hall–Kier alpha value is -0.890. The van der Waals surface area contributed by atoms with Crippen LogP contribution >= 0.6 is 35.2 Å². The van der Waals surface area contributed by atoms with Gasteiger partial charge in [0.25, 0.3) is 0 Å². The van der Waals surface area contributed by atoms with Crippen molar-refractivity contribution in [1.82, 2.24) is 15.1 Å². The first-order valence-electron chi connectivity index (χ1n) is 8.64. The average Bonchev–Trinajstić information content (AvgIpc) is 3.03. The fourth-order valence-corrected chi connectivity index (χ4v) is 4.16. The highest BCUT2D eigenvalue weighted by molar-refractivity contribution is 7.80. The maximum atomic E-state index is 11.0. The first kappa shape index (κ1) is 20.4. The van der Waals surface area contributed by atoms with E-state index in [4.69, 9.17) is 23.8 Å². The van der Waals surface area contributed by atoms with Crippen molar-refractivity contribution in [2.24, 2.45) is 0 Å². The van der Waals surface area contributed by atoms with Gasteiger partial charge in [0.15, 0.2) is 5.11 Å². The summed E-state index contributed by atoms with van der Waals surface area (Å²) < 4.78 is 5.48. The Kier molecular flexibility index (Phi) is 8.95. The first-order valence-corrected chi connectivity index (χ1v) is 10.2. The second-order valence-corrected chi connectivity index (χ2v) is 8.27. The van der Waals surface area contributed by atoms with E-state index < -0.39 is 0 Å². The molecule has 8 heteroatoms. The van der Waals surface area contributed by atoms with Crippen LogP contribution in [0.4, 0.5) is 0 Å². The summed E-state index contributed by atoms with van der Waals surface area (Å²) in [5.41, 5.74) is 0. The van der Waals surface area contributed by atoms with Crippen molar-refractivity contribution in [2.45, 2.75) is 32.2 Å². The van der Waals surface area contributed by atoms with Crippen LogP contribution in [0.3, 0.4) is 0 Å².